The van der Waals surface area contributed by atoms with E-state index in [1.807, 2.05) is 18.2 Å². The maximum absolute atomic E-state index is 9.39. The topological polar surface area (TPSA) is 62.4 Å². The maximum Gasteiger partial charge on any atom is 0.128 e. The van der Waals surface area contributed by atoms with Gasteiger partial charge in [0, 0.05) is 19.6 Å². The van der Waals surface area contributed by atoms with Crippen molar-refractivity contribution in [1.82, 2.24) is 4.98 Å². The quantitative estimate of drug-likeness (QED) is 0.700. The minimum absolute atomic E-state index is 0.210. The van der Waals surface area contributed by atoms with E-state index in [9.17, 15) is 5.11 Å². The molecule has 1 aliphatic heterocycles. The number of aliphatic hydroxyl groups excluding tert-OH is 1. The van der Waals surface area contributed by atoms with Gasteiger partial charge in [-0.05, 0) is 18.6 Å². The molecule has 1 atom stereocenters. The SMILES string of the molecule is NCc1cccc(N2CCC(O)C2)n1. The summed E-state index contributed by atoms with van der Waals surface area (Å²) < 4.78 is 0. The van der Waals surface area contributed by atoms with Crippen LogP contribution >= 0.6 is 0 Å². The Morgan fingerprint density at radius 3 is 3.07 bits per heavy atom. The average molecular weight is 193 g/mol. The number of nitrogens with zero attached hydrogens (tertiary/aromatic N) is 2. The summed E-state index contributed by atoms with van der Waals surface area (Å²) in [5, 5.41) is 9.39. The van der Waals surface area contributed by atoms with Gasteiger partial charge in [-0.1, -0.05) is 6.07 Å². The summed E-state index contributed by atoms with van der Waals surface area (Å²) in [6.07, 6.45) is 0.618. The fourth-order valence-electron chi connectivity index (χ4n) is 1.71. The van der Waals surface area contributed by atoms with Gasteiger partial charge in [-0.2, -0.15) is 0 Å². The molecule has 0 bridgehead atoms. The largest absolute Gasteiger partial charge is 0.391 e. The highest BCUT2D eigenvalue weighted by atomic mass is 16.3. The predicted octanol–water partition coefficient (Wildman–Crippen LogP) is 0.111. The third kappa shape index (κ3) is 1.86. The van der Waals surface area contributed by atoms with Crippen LogP contribution in [0.1, 0.15) is 12.1 Å². The Kier molecular flexibility index (Phi) is 2.65. The van der Waals surface area contributed by atoms with Crippen molar-refractivity contribution in [2.45, 2.75) is 19.1 Å². The molecule has 2 heterocycles. The molecule has 0 radical (unpaired) electrons. The predicted molar refractivity (Wildman–Crippen MR) is 55.0 cm³/mol. The first kappa shape index (κ1) is 9.43. The third-order valence-corrected chi connectivity index (χ3v) is 2.49. The minimum Gasteiger partial charge on any atom is -0.391 e. The summed E-state index contributed by atoms with van der Waals surface area (Å²) in [6.45, 7) is 2.02. The van der Waals surface area contributed by atoms with Crippen molar-refractivity contribution < 1.29 is 5.11 Å². The lowest BCUT2D eigenvalue weighted by molar-refractivity contribution is 0.198. The first-order valence-corrected chi connectivity index (χ1v) is 4.88. The Morgan fingerprint density at radius 2 is 2.43 bits per heavy atom. The Balaban J connectivity index is 2.15. The van der Waals surface area contributed by atoms with Crippen LogP contribution in [0.25, 0.3) is 0 Å². The molecule has 1 aromatic rings. The molecular weight excluding hydrogens is 178 g/mol. The van der Waals surface area contributed by atoms with E-state index >= 15 is 0 Å². The number of anilines is 1. The third-order valence-electron chi connectivity index (χ3n) is 2.49. The molecule has 1 unspecified atom stereocenters. The molecule has 0 amide bonds. The van der Waals surface area contributed by atoms with Crippen LogP contribution in [-0.2, 0) is 6.54 Å². The van der Waals surface area contributed by atoms with Gasteiger partial charge in [0.1, 0.15) is 5.82 Å². The van der Waals surface area contributed by atoms with Crippen molar-refractivity contribution in [3.63, 3.8) is 0 Å². The standard InChI is InChI=1S/C10H15N3O/c11-6-8-2-1-3-10(12-8)13-5-4-9(14)7-13/h1-3,9,14H,4-7,11H2. The van der Waals surface area contributed by atoms with Crippen molar-refractivity contribution in [3.05, 3.63) is 23.9 Å². The number of hydrogen-bond donors (Lipinski definition) is 2. The van der Waals surface area contributed by atoms with Crippen LogP contribution < -0.4 is 10.6 Å². The Morgan fingerprint density at radius 1 is 1.57 bits per heavy atom. The van der Waals surface area contributed by atoms with Crippen LogP contribution in [0.4, 0.5) is 5.82 Å². The van der Waals surface area contributed by atoms with E-state index in [0.29, 0.717) is 13.1 Å². The highest BCUT2D eigenvalue weighted by molar-refractivity contribution is 5.40. The van der Waals surface area contributed by atoms with Gasteiger partial charge in [-0.25, -0.2) is 4.98 Å². The van der Waals surface area contributed by atoms with Crippen molar-refractivity contribution >= 4 is 5.82 Å². The highest BCUT2D eigenvalue weighted by Crippen LogP contribution is 2.17. The van der Waals surface area contributed by atoms with Gasteiger partial charge in [0.2, 0.25) is 0 Å². The van der Waals surface area contributed by atoms with Crippen molar-refractivity contribution in [2.24, 2.45) is 5.73 Å². The first-order valence-electron chi connectivity index (χ1n) is 4.88. The van der Waals surface area contributed by atoms with Gasteiger partial charge in [0.25, 0.3) is 0 Å². The zero-order chi connectivity index (χ0) is 9.97. The van der Waals surface area contributed by atoms with Gasteiger partial charge in [0.15, 0.2) is 0 Å². The second-order valence-electron chi connectivity index (χ2n) is 3.58. The zero-order valence-corrected chi connectivity index (χ0v) is 8.06. The summed E-state index contributed by atoms with van der Waals surface area (Å²) in [4.78, 5) is 6.48. The molecule has 14 heavy (non-hydrogen) atoms. The first-order chi connectivity index (χ1) is 6.79. The average Bonchev–Trinajstić information content (AvgIpc) is 2.65. The lowest BCUT2D eigenvalue weighted by Gasteiger charge is -2.16. The van der Waals surface area contributed by atoms with Gasteiger partial charge in [-0.15, -0.1) is 0 Å². The summed E-state index contributed by atoms with van der Waals surface area (Å²) in [6, 6.07) is 5.82. The van der Waals surface area contributed by atoms with Crippen LogP contribution in [-0.4, -0.2) is 29.3 Å². The summed E-state index contributed by atoms with van der Waals surface area (Å²) in [5.41, 5.74) is 6.41. The summed E-state index contributed by atoms with van der Waals surface area (Å²) in [7, 11) is 0. The normalized spacial score (nSPS) is 21.6. The number of aliphatic hydroxyl groups is 1. The molecule has 1 fully saturated rings. The second kappa shape index (κ2) is 3.94. The Bertz CT molecular complexity index is 316. The van der Waals surface area contributed by atoms with Crippen LogP contribution in [0.2, 0.25) is 0 Å². The molecule has 4 heteroatoms. The lowest BCUT2D eigenvalue weighted by Crippen LogP contribution is -2.22. The number of pyridine rings is 1. The lowest BCUT2D eigenvalue weighted by atomic mass is 10.3. The fourth-order valence-corrected chi connectivity index (χ4v) is 1.71. The fraction of sp³-hybridized carbons (Fsp3) is 0.500. The van der Waals surface area contributed by atoms with Crippen LogP contribution in [0.3, 0.4) is 0 Å². The molecule has 2 rings (SSSR count). The van der Waals surface area contributed by atoms with Gasteiger partial charge in [-0.3, -0.25) is 0 Å². The molecule has 1 aliphatic rings. The van der Waals surface area contributed by atoms with E-state index < -0.39 is 0 Å². The number of rotatable bonds is 2. The Labute approximate surface area is 83.4 Å². The molecular formula is C10H15N3O. The molecule has 76 valence electrons. The van der Waals surface area contributed by atoms with Crippen LogP contribution in [0.15, 0.2) is 18.2 Å². The zero-order valence-electron chi connectivity index (χ0n) is 8.06. The highest BCUT2D eigenvalue weighted by Gasteiger charge is 2.20. The molecule has 0 saturated carbocycles. The number of hydrogen-bond acceptors (Lipinski definition) is 4. The van der Waals surface area contributed by atoms with Gasteiger partial charge in [0.05, 0.1) is 11.8 Å². The van der Waals surface area contributed by atoms with Crippen molar-refractivity contribution in [2.75, 3.05) is 18.0 Å². The monoisotopic (exact) mass is 193 g/mol. The molecule has 0 aromatic carbocycles. The molecule has 0 aliphatic carbocycles. The van der Waals surface area contributed by atoms with E-state index in [1.54, 1.807) is 0 Å². The smallest absolute Gasteiger partial charge is 0.128 e. The van der Waals surface area contributed by atoms with Gasteiger partial charge >= 0.3 is 0 Å². The molecule has 1 saturated heterocycles. The van der Waals surface area contributed by atoms with Crippen LogP contribution in [0, 0.1) is 0 Å². The minimum atomic E-state index is -0.210. The summed E-state index contributed by atoms with van der Waals surface area (Å²) >= 11 is 0. The summed E-state index contributed by atoms with van der Waals surface area (Å²) in [5.74, 6) is 0.921. The number of aromatic nitrogens is 1. The van der Waals surface area contributed by atoms with E-state index in [1.165, 1.54) is 0 Å². The molecule has 3 N–H and O–H groups in total. The van der Waals surface area contributed by atoms with Crippen molar-refractivity contribution in [1.29, 1.82) is 0 Å². The number of β-amino-alcohol motifs (C(OH)–C–C–N with tert-alkyl or cyclic N) is 1. The van der Waals surface area contributed by atoms with E-state index in [4.69, 9.17) is 5.73 Å². The van der Waals surface area contributed by atoms with Gasteiger partial charge < -0.3 is 15.7 Å². The van der Waals surface area contributed by atoms with E-state index in [-0.39, 0.29) is 6.10 Å². The van der Waals surface area contributed by atoms with E-state index in [0.717, 1.165) is 24.5 Å². The van der Waals surface area contributed by atoms with E-state index in [2.05, 4.69) is 9.88 Å². The second-order valence-corrected chi connectivity index (χ2v) is 3.58. The molecule has 4 nitrogen and oxygen atoms in total. The van der Waals surface area contributed by atoms with Crippen molar-refractivity contribution in [3.8, 4) is 0 Å². The molecule has 1 aromatic heterocycles. The molecule has 0 spiro atoms. The maximum atomic E-state index is 9.39. The number of nitrogens with two attached hydrogens (primary N) is 1. The van der Waals surface area contributed by atoms with Crippen LogP contribution in [0.5, 0.6) is 0 Å². The Hall–Kier alpha value is -1.13.